The van der Waals surface area contributed by atoms with Crippen molar-refractivity contribution in [3.8, 4) is 0 Å². The van der Waals surface area contributed by atoms with Crippen molar-refractivity contribution < 1.29 is 13.2 Å². The normalized spacial score (nSPS) is 16.0. The van der Waals surface area contributed by atoms with Gasteiger partial charge in [-0.2, -0.15) is 0 Å². The van der Waals surface area contributed by atoms with Crippen LogP contribution >= 0.6 is 0 Å². The van der Waals surface area contributed by atoms with Crippen LogP contribution in [0.25, 0.3) is 0 Å². The van der Waals surface area contributed by atoms with Crippen molar-refractivity contribution in [2.75, 3.05) is 26.7 Å². The number of likely N-dealkylation sites (tertiary alicyclic amines) is 1. The average Bonchev–Trinajstić information content (AvgIpc) is 2.64. The van der Waals surface area contributed by atoms with Crippen LogP contribution in [0.15, 0.2) is 4.90 Å². The van der Waals surface area contributed by atoms with Gasteiger partial charge in [0.2, 0.25) is 15.9 Å². The van der Waals surface area contributed by atoms with Gasteiger partial charge in [0.15, 0.2) is 0 Å². The molecule has 1 aliphatic heterocycles. The van der Waals surface area contributed by atoms with Crippen molar-refractivity contribution in [3.05, 3.63) is 27.8 Å². The highest BCUT2D eigenvalue weighted by Crippen LogP contribution is 2.29. The van der Waals surface area contributed by atoms with E-state index in [1.54, 1.807) is 0 Å². The quantitative estimate of drug-likeness (QED) is 0.773. The summed E-state index contributed by atoms with van der Waals surface area (Å²) in [5.41, 5.74) is 4.69. The molecule has 2 rings (SSSR count). The van der Waals surface area contributed by atoms with Gasteiger partial charge in [-0.3, -0.25) is 4.79 Å². The maximum atomic E-state index is 12.9. The van der Waals surface area contributed by atoms with Gasteiger partial charge in [-0.1, -0.05) is 0 Å². The summed E-state index contributed by atoms with van der Waals surface area (Å²) >= 11 is 0. The lowest BCUT2D eigenvalue weighted by Gasteiger charge is -2.31. The third kappa shape index (κ3) is 4.70. The Morgan fingerprint density at radius 2 is 1.44 bits per heavy atom. The minimum Gasteiger partial charge on any atom is -0.343 e. The molecule has 7 heteroatoms. The molecule has 1 aliphatic rings. The fourth-order valence-corrected chi connectivity index (χ4v) is 5.44. The second-order valence-corrected chi connectivity index (χ2v) is 9.25. The molecule has 0 spiro atoms. The summed E-state index contributed by atoms with van der Waals surface area (Å²) in [7, 11) is -1.71. The Balaban J connectivity index is 2.03. The lowest BCUT2D eigenvalue weighted by atomic mass is 9.95. The zero-order valence-corrected chi connectivity index (χ0v) is 18.2. The van der Waals surface area contributed by atoms with E-state index in [-0.39, 0.29) is 18.9 Å². The molecule has 0 aliphatic carbocycles. The first-order chi connectivity index (χ1) is 12.6. The number of sulfonamides is 1. The van der Waals surface area contributed by atoms with Gasteiger partial charge in [0.25, 0.3) is 0 Å². The SMILES string of the molecule is CNC1CCN(C(=O)CCNS(=O)(=O)c2c(C)c(C)c(C)c(C)c2C)CC1. The number of nitrogens with zero attached hydrogens (tertiary/aromatic N) is 1. The number of rotatable bonds is 6. The topological polar surface area (TPSA) is 78.5 Å². The van der Waals surface area contributed by atoms with Gasteiger partial charge in [0.1, 0.15) is 0 Å². The minimum atomic E-state index is -3.65. The van der Waals surface area contributed by atoms with E-state index in [4.69, 9.17) is 0 Å². The number of piperidine rings is 1. The van der Waals surface area contributed by atoms with Crippen LogP contribution in [0.3, 0.4) is 0 Å². The highest BCUT2D eigenvalue weighted by Gasteiger charge is 2.25. The molecule has 1 aromatic carbocycles. The van der Waals surface area contributed by atoms with E-state index in [0.29, 0.717) is 10.9 Å². The van der Waals surface area contributed by atoms with E-state index in [9.17, 15) is 13.2 Å². The van der Waals surface area contributed by atoms with E-state index in [1.165, 1.54) is 0 Å². The molecule has 0 unspecified atom stereocenters. The summed E-state index contributed by atoms with van der Waals surface area (Å²) < 4.78 is 28.4. The predicted molar refractivity (Wildman–Crippen MR) is 109 cm³/mol. The van der Waals surface area contributed by atoms with Gasteiger partial charge in [-0.15, -0.1) is 0 Å². The van der Waals surface area contributed by atoms with Crippen LogP contribution in [0.5, 0.6) is 0 Å². The maximum Gasteiger partial charge on any atom is 0.241 e. The van der Waals surface area contributed by atoms with Crippen LogP contribution in [0.1, 0.15) is 47.1 Å². The second kappa shape index (κ2) is 8.71. The van der Waals surface area contributed by atoms with Crippen molar-refractivity contribution >= 4 is 15.9 Å². The van der Waals surface area contributed by atoms with Crippen molar-refractivity contribution in [1.29, 1.82) is 0 Å². The molecule has 27 heavy (non-hydrogen) atoms. The Morgan fingerprint density at radius 1 is 0.963 bits per heavy atom. The summed E-state index contributed by atoms with van der Waals surface area (Å²) in [5.74, 6) is 0.0111. The number of nitrogens with one attached hydrogen (secondary N) is 2. The smallest absolute Gasteiger partial charge is 0.241 e. The molecular formula is C20H33N3O3S. The van der Waals surface area contributed by atoms with Crippen molar-refractivity contribution in [2.24, 2.45) is 0 Å². The van der Waals surface area contributed by atoms with E-state index in [2.05, 4.69) is 10.0 Å². The number of amides is 1. The lowest BCUT2D eigenvalue weighted by molar-refractivity contribution is -0.132. The van der Waals surface area contributed by atoms with Gasteiger partial charge in [0.05, 0.1) is 4.90 Å². The molecule has 1 fully saturated rings. The first-order valence-corrected chi connectivity index (χ1v) is 11.1. The molecule has 1 heterocycles. The average molecular weight is 396 g/mol. The number of carbonyl (C=O) groups is 1. The Kier molecular flexibility index (Phi) is 7.05. The minimum absolute atomic E-state index is 0.0111. The molecule has 0 atom stereocenters. The van der Waals surface area contributed by atoms with E-state index in [1.807, 2.05) is 46.6 Å². The molecule has 1 saturated heterocycles. The van der Waals surface area contributed by atoms with Gasteiger partial charge >= 0.3 is 0 Å². The van der Waals surface area contributed by atoms with Crippen LogP contribution in [0.2, 0.25) is 0 Å². The van der Waals surface area contributed by atoms with Crippen LogP contribution in [-0.4, -0.2) is 51.9 Å². The third-order valence-corrected chi connectivity index (χ3v) is 7.82. The fourth-order valence-electron chi connectivity index (χ4n) is 3.81. The number of hydrogen-bond donors (Lipinski definition) is 2. The van der Waals surface area contributed by atoms with Crippen molar-refractivity contribution in [2.45, 2.75) is 64.8 Å². The zero-order valence-electron chi connectivity index (χ0n) is 17.4. The van der Waals surface area contributed by atoms with E-state index >= 15 is 0 Å². The molecule has 1 aromatic rings. The summed E-state index contributed by atoms with van der Waals surface area (Å²) in [4.78, 5) is 14.6. The monoisotopic (exact) mass is 395 g/mol. The molecule has 0 aromatic heterocycles. The molecule has 152 valence electrons. The summed E-state index contributed by atoms with van der Waals surface area (Å²) in [5, 5.41) is 3.24. The molecule has 0 saturated carbocycles. The van der Waals surface area contributed by atoms with Crippen LogP contribution in [0.4, 0.5) is 0 Å². The zero-order chi connectivity index (χ0) is 20.4. The number of benzene rings is 1. The van der Waals surface area contributed by atoms with Crippen LogP contribution < -0.4 is 10.0 Å². The van der Waals surface area contributed by atoms with Gasteiger partial charge in [-0.25, -0.2) is 13.1 Å². The van der Waals surface area contributed by atoms with Gasteiger partial charge in [0, 0.05) is 32.1 Å². The molecule has 0 radical (unpaired) electrons. The number of hydrogen-bond acceptors (Lipinski definition) is 4. The summed E-state index contributed by atoms with van der Waals surface area (Å²) in [6, 6.07) is 0.464. The Hall–Kier alpha value is -1.44. The van der Waals surface area contributed by atoms with Crippen molar-refractivity contribution in [3.63, 3.8) is 0 Å². The van der Waals surface area contributed by atoms with Gasteiger partial charge in [-0.05, 0) is 82.3 Å². The Bertz CT molecular complexity index is 781. The predicted octanol–water partition coefficient (Wildman–Crippen LogP) is 2.11. The molecule has 1 amide bonds. The fraction of sp³-hybridized carbons (Fsp3) is 0.650. The standard InChI is InChI=1S/C20H33N3O3S/c1-13-14(2)16(4)20(17(5)15(13)3)27(25,26)22-10-7-19(24)23-11-8-18(21-6)9-12-23/h18,21-22H,7-12H2,1-6H3. The van der Waals surface area contributed by atoms with Gasteiger partial charge < -0.3 is 10.2 Å². The first-order valence-electron chi connectivity index (χ1n) is 9.61. The largest absolute Gasteiger partial charge is 0.343 e. The molecule has 0 bridgehead atoms. The molecule has 6 nitrogen and oxygen atoms in total. The summed E-state index contributed by atoms with van der Waals surface area (Å²) in [6.07, 6.45) is 2.06. The molecule has 2 N–H and O–H groups in total. The maximum absolute atomic E-state index is 12.9. The highest BCUT2D eigenvalue weighted by molar-refractivity contribution is 7.89. The first kappa shape index (κ1) is 21.9. The third-order valence-electron chi connectivity index (χ3n) is 6.09. The van der Waals surface area contributed by atoms with E-state index in [0.717, 1.165) is 53.7 Å². The number of carbonyl (C=O) groups excluding carboxylic acids is 1. The van der Waals surface area contributed by atoms with Crippen LogP contribution in [0, 0.1) is 34.6 Å². The van der Waals surface area contributed by atoms with Crippen molar-refractivity contribution in [1.82, 2.24) is 14.9 Å². The van der Waals surface area contributed by atoms with Crippen LogP contribution in [-0.2, 0) is 14.8 Å². The highest BCUT2D eigenvalue weighted by atomic mass is 32.2. The van der Waals surface area contributed by atoms with E-state index < -0.39 is 10.0 Å². The summed E-state index contributed by atoms with van der Waals surface area (Å²) in [6.45, 7) is 11.2. The Labute approximate surface area is 163 Å². The Morgan fingerprint density at radius 3 is 1.93 bits per heavy atom. The lowest BCUT2D eigenvalue weighted by Crippen LogP contribution is -2.44. The molecular weight excluding hydrogens is 362 g/mol. The second-order valence-electron chi connectivity index (χ2n) is 7.55.